The van der Waals surface area contributed by atoms with Gasteiger partial charge in [-0.05, 0) is 35.8 Å². The first-order valence-electron chi connectivity index (χ1n) is 6.10. The van der Waals surface area contributed by atoms with Gasteiger partial charge in [0.1, 0.15) is 0 Å². The number of nitrogens with two attached hydrogens (primary N) is 1. The van der Waals surface area contributed by atoms with Crippen molar-refractivity contribution in [3.63, 3.8) is 0 Å². The lowest BCUT2D eigenvalue weighted by atomic mass is 10.1. The molecule has 0 amide bonds. The normalized spacial score (nSPS) is 12.2. The van der Waals surface area contributed by atoms with Crippen LogP contribution in [0.5, 0.6) is 0 Å². The molecule has 98 valence electrons. The Morgan fingerprint density at radius 1 is 1.33 bits per heavy atom. The van der Waals surface area contributed by atoms with Crippen LogP contribution in [0.4, 0.5) is 5.69 Å². The molecule has 0 saturated carbocycles. The fraction of sp³-hybridized carbons (Fsp3) is 0.500. The minimum atomic E-state index is -1.75. The lowest BCUT2D eigenvalue weighted by molar-refractivity contribution is 0.277. The summed E-state index contributed by atoms with van der Waals surface area (Å²) in [6.07, 6.45) is 0. The number of benzene rings is 1. The summed E-state index contributed by atoms with van der Waals surface area (Å²) in [7, 11) is -1.75. The Bertz CT molecular complexity index is 470. The number of anilines is 1. The van der Waals surface area contributed by atoms with Crippen molar-refractivity contribution in [1.82, 2.24) is 0 Å². The minimum Gasteiger partial charge on any atom is -0.412 e. The number of rotatable bonds is 3. The van der Waals surface area contributed by atoms with Crippen LogP contribution in [0.2, 0.25) is 18.1 Å². The van der Waals surface area contributed by atoms with Gasteiger partial charge in [-0.3, -0.25) is 0 Å². The summed E-state index contributed by atoms with van der Waals surface area (Å²) < 4.78 is 6.11. The summed E-state index contributed by atoms with van der Waals surface area (Å²) in [6, 6.07) is 7.43. The lowest BCUT2D eigenvalue weighted by Gasteiger charge is -2.36. The molecule has 1 aromatic carbocycles. The third-order valence-electron chi connectivity index (χ3n) is 3.67. The fourth-order valence-electron chi connectivity index (χ4n) is 1.27. The van der Waals surface area contributed by atoms with Crippen molar-refractivity contribution in [1.29, 1.82) is 5.26 Å². The van der Waals surface area contributed by atoms with Crippen LogP contribution in [0, 0.1) is 11.3 Å². The molecule has 2 N–H and O–H groups in total. The van der Waals surface area contributed by atoms with Crippen LogP contribution in [0.3, 0.4) is 0 Å². The van der Waals surface area contributed by atoms with E-state index in [0.717, 1.165) is 5.56 Å². The number of hydrogen-bond donors (Lipinski definition) is 1. The van der Waals surface area contributed by atoms with Crippen molar-refractivity contribution in [2.45, 2.75) is 45.5 Å². The SMILES string of the molecule is CC(C)(C)[Si](C)(C)OCc1ccc(C#N)cc1N. The largest absolute Gasteiger partial charge is 0.412 e. The molecule has 18 heavy (non-hydrogen) atoms. The molecule has 0 unspecified atom stereocenters. The van der Waals surface area contributed by atoms with E-state index in [1.165, 1.54) is 0 Å². The highest BCUT2D eigenvalue weighted by molar-refractivity contribution is 6.74. The van der Waals surface area contributed by atoms with Crippen molar-refractivity contribution in [3.05, 3.63) is 29.3 Å². The van der Waals surface area contributed by atoms with Crippen LogP contribution in [0.15, 0.2) is 18.2 Å². The molecule has 0 saturated heterocycles. The van der Waals surface area contributed by atoms with E-state index in [4.69, 9.17) is 15.4 Å². The molecular formula is C14H22N2OSi. The van der Waals surface area contributed by atoms with Crippen molar-refractivity contribution in [3.8, 4) is 6.07 Å². The lowest BCUT2D eigenvalue weighted by Crippen LogP contribution is -2.40. The maximum atomic E-state index is 8.79. The van der Waals surface area contributed by atoms with Crippen LogP contribution in [0.1, 0.15) is 31.9 Å². The summed E-state index contributed by atoms with van der Waals surface area (Å²) in [5, 5.41) is 8.98. The van der Waals surface area contributed by atoms with Crippen molar-refractivity contribution >= 4 is 14.0 Å². The van der Waals surface area contributed by atoms with Gasteiger partial charge in [-0.2, -0.15) is 5.26 Å². The number of nitrogens with zero attached hydrogens (tertiary/aromatic N) is 1. The van der Waals surface area contributed by atoms with E-state index in [9.17, 15) is 0 Å². The Hall–Kier alpha value is -1.31. The topological polar surface area (TPSA) is 59.0 Å². The van der Waals surface area contributed by atoms with Crippen molar-refractivity contribution in [2.24, 2.45) is 0 Å². The van der Waals surface area contributed by atoms with E-state index in [1.54, 1.807) is 12.1 Å². The fourth-order valence-corrected chi connectivity index (χ4v) is 2.22. The smallest absolute Gasteiger partial charge is 0.192 e. The quantitative estimate of drug-likeness (QED) is 0.668. The van der Waals surface area contributed by atoms with Gasteiger partial charge in [-0.1, -0.05) is 26.8 Å². The highest BCUT2D eigenvalue weighted by atomic mass is 28.4. The summed E-state index contributed by atoms with van der Waals surface area (Å²) in [5.41, 5.74) is 8.10. The second-order valence-corrected chi connectivity index (χ2v) is 10.9. The molecule has 0 radical (unpaired) electrons. The second kappa shape index (κ2) is 5.13. The van der Waals surface area contributed by atoms with Gasteiger partial charge in [-0.25, -0.2) is 0 Å². The standard InChI is InChI=1S/C14H22N2OSi/c1-14(2,3)18(4,5)17-10-12-7-6-11(9-15)8-13(12)16/h6-8H,10,16H2,1-5H3. The van der Waals surface area contributed by atoms with Gasteiger partial charge < -0.3 is 10.2 Å². The van der Waals surface area contributed by atoms with E-state index in [-0.39, 0.29) is 5.04 Å². The first kappa shape index (κ1) is 14.7. The first-order valence-corrected chi connectivity index (χ1v) is 9.00. The zero-order valence-electron chi connectivity index (χ0n) is 11.9. The molecule has 1 rings (SSSR count). The highest BCUT2D eigenvalue weighted by Crippen LogP contribution is 2.37. The van der Waals surface area contributed by atoms with E-state index in [1.807, 2.05) is 6.07 Å². The molecule has 0 aliphatic heterocycles. The van der Waals surface area contributed by atoms with E-state index in [2.05, 4.69) is 39.9 Å². The third-order valence-corrected chi connectivity index (χ3v) is 8.15. The zero-order chi connectivity index (χ0) is 14.0. The molecule has 0 atom stereocenters. The molecule has 0 aromatic heterocycles. The van der Waals surface area contributed by atoms with Crippen LogP contribution in [0.25, 0.3) is 0 Å². The Kier molecular flexibility index (Phi) is 4.20. The van der Waals surface area contributed by atoms with Crippen LogP contribution < -0.4 is 5.73 Å². The molecule has 0 aliphatic rings. The van der Waals surface area contributed by atoms with Crippen molar-refractivity contribution in [2.75, 3.05) is 5.73 Å². The van der Waals surface area contributed by atoms with Gasteiger partial charge in [0.25, 0.3) is 0 Å². The zero-order valence-corrected chi connectivity index (χ0v) is 12.9. The molecule has 1 aromatic rings. The van der Waals surface area contributed by atoms with Crippen LogP contribution >= 0.6 is 0 Å². The van der Waals surface area contributed by atoms with Crippen LogP contribution in [-0.2, 0) is 11.0 Å². The van der Waals surface area contributed by atoms with Gasteiger partial charge in [0, 0.05) is 5.69 Å². The van der Waals surface area contributed by atoms with E-state index >= 15 is 0 Å². The van der Waals surface area contributed by atoms with Crippen molar-refractivity contribution < 1.29 is 4.43 Å². The van der Waals surface area contributed by atoms with Gasteiger partial charge in [0.2, 0.25) is 0 Å². The predicted molar refractivity (Wildman–Crippen MR) is 77.6 cm³/mol. The van der Waals surface area contributed by atoms with Gasteiger partial charge >= 0.3 is 0 Å². The molecule has 4 heteroatoms. The molecule has 3 nitrogen and oxygen atoms in total. The monoisotopic (exact) mass is 262 g/mol. The molecule has 0 aliphatic carbocycles. The number of nitriles is 1. The molecule has 0 bridgehead atoms. The Labute approximate surface area is 111 Å². The molecule has 0 heterocycles. The average molecular weight is 262 g/mol. The third kappa shape index (κ3) is 3.34. The Morgan fingerprint density at radius 3 is 2.39 bits per heavy atom. The first-order chi connectivity index (χ1) is 8.17. The predicted octanol–water partition coefficient (Wildman–Crippen LogP) is 3.66. The highest BCUT2D eigenvalue weighted by Gasteiger charge is 2.37. The molecule has 0 spiro atoms. The second-order valence-electron chi connectivity index (χ2n) is 6.07. The summed E-state index contributed by atoms with van der Waals surface area (Å²) in [4.78, 5) is 0. The van der Waals surface area contributed by atoms with Gasteiger partial charge in [-0.15, -0.1) is 0 Å². The molecular weight excluding hydrogens is 240 g/mol. The summed E-state index contributed by atoms with van der Waals surface area (Å²) >= 11 is 0. The number of hydrogen-bond acceptors (Lipinski definition) is 3. The van der Waals surface area contributed by atoms with Gasteiger partial charge in [0.15, 0.2) is 8.32 Å². The Balaban J connectivity index is 2.79. The van der Waals surface area contributed by atoms with Crippen LogP contribution in [-0.4, -0.2) is 8.32 Å². The minimum absolute atomic E-state index is 0.189. The Morgan fingerprint density at radius 2 is 1.94 bits per heavy atom. The summed E-state index contributed by atoms with van der Waals surface area (Å²) in [6.45, 7) is 11.6. The molecule has 0 fully saturated rings. The summed E-state index contributed by atoms with van der Waals surface area (Å²) in [5.74, 6) is 0. The maximum Gasteiger partial charge on any atom is 0.192 e. The number of nitrogen functional groups attached to an aromatic ring is 1. The van der Waals surface area contributed by atoms with Gasteiger partial charge in [0.05, 0.1) is 18.2 Å². The average Bonchev–Trinajstić information content (AvgIpc) is 2.25. The van der Waals surface area contributed by atoms with E-state index in [0.29, 0.717) is 17.9 Å². The van der Waals surface area contributed by atoms with E-state index < -0.39 is 8.32 Å². The maximum absolute atomic E-state index is 8.79.